The molecule has 0 spiro atoms. The number of carboxylic acid groups (broad SMARTS) is 1. The van der Waals surface area contributed by atoms with Gasteiger partial charge in [0, 0.05) is 36.6 Å². The molecule has 3 aliphatic rings. The highest BCUT2D eigenvalue weighted by atomic mass is 19.1. The Morgan fingerprint density at radius 2 is 2.10 bits per heavy atom. The number of alkyl halides is 1. The Kier molecular flexibility index (Phi) is 4.23. The largest absolute Gasteiger partial charge is 0.477 e. The average molecular weight is 417 g/mol. The lowest BCUT2D eigenvalue weighted by molar-refractivity contribution is 0.0694. The van der Waals surface area contributed by atoms with Gasteiger partial charge in [0.15, 0.2) is 0 Å². The number of rotatable bonds is 5. The molecule has 3 N–H and O–H groups in total. The fraction of sp³-hybridized carbons (Fsp3) is 0.545. The Bertz CT molecular complexity index is 1130. The molecule has 0 radical (unpaired) electrons. The zero-order valence-electron chi connectivity index (χ0n) is 16.8. The number of carboxylic acids is 1. The molecule has 2 heterocycles. The van der Waals surface area contributed by atoms with Crippen molar-refractivity contribution in [2.24, 2.45) is 11.7 Å². The first-order chi connectivity index (χ1) is 14.2. The van der Waals surface area contributed by atoms with Crippen LogP contribution in [0.5, 0.6) is 0 Å². The van der Waals surface area contributed by atoms with Crippen LogP contribution in [0, 0.1) is 18.7 Å². The third kappa shape index (κ3) is 3.09. The van der Waals surface area contributed by atoms with E-state index in [0.29, 0.717) is 35.8 Å². The average Bonchev–Trinajstić information content (AvgIpc) is 3.53. The zero-order chi connectivity index (χ0) is 21.4. The molecule has 1 aromatic carbocycles. The van der Waals surface area contributed by atoms with Crippen molar-refractivity contribution in [1.29, 1.82) is 0 Å². The number of carbonyl (C=O) groups is 1. The van der Waals surface area contributed by atoms with Gasteiger partial charge in [-0.15, -0.1) is 0 Å². The van der Waals surface area contributed by atoms with Crippen LogP contribution in [-0.2, 0) is 0 Å². The Hall–Kier alpha value is -2.48. The third-order valence-electron chi connectivity index (χ3n) is 6.94. The van der Waals surface area contributed by atoms with Gasteiger partial charge in [-0.1, -0.05) is 0 Å². The molecule has 2 saturated carbocycles. The lowest BCUT2D eigenvalue weighted by atomic mass is 9.98. The summed E-state index contributed by atoms with van der Waals surface area (Å²) in [4.78, 5) is 26.2. The van der Waals surface area contributed by atoms with E-state index >= 15 is 4.39 Å². The quantitative estimate of drug-likeness (QED) is 0.780. The van der Waals surface area contributed by atoms with Gasteiger partial charge in [0.1, 0.15) is 17.6 Å². The van der Waals surface area contributed by atoms with Crippen LogP contribution in [-0.4, -0.2) is 40.4 Å². The van der Waals surface area contributed by atoms with Gasteiger partial charge in [0.25, 0.3) is 0 Å². The predicted molar refractivity (Wildman–Crippen MR) is 110 cm³/mol. The maximum atomic E-state index is 15.2. The van der Waals surface area contributed by atoms with Gasteiger partial charge in [-0.25, -0.2) is 13.6 Å². The summed E-state index contributed by atoms with van der Waals surface area (Å²) in [6.45, 7) is 3.11. The van der Waals surface area contributed by atoms with Gasteiger partial charge in [-0.3, -0.25) is 4.79 Å². The van der Waals surface area contributed by atoms with Crippen molar-refractivity contribution in [3.63, 3.8) is 0 Å². The molecule has 1 saturated heterocycles. The first-order valence-electron chi connectivity index (χ1n) is 10.5. The van der Waals surface area contributed by atoms with Crippen LogP contribution in [0.25, 0.3) is 10.9 Å². The van der Waals surface area contributed by atoms with Crippen molar-refractivity contribution in [2.45, 2.75) is 56.8 Å². The Morgan fingerprint density at radius 1 is 1.40 bits per heavy atom. The van der Waals surface area contributed by atoms with Crippen molar-refractivity contribution in [2.75, 3.05) is 18.0 Å². The molecule has 30 heavy (non-hydrogen) atoms. The number of benzene rings is 1. The molecule has 1 aromatic heterocycles. The number of pyridine rings is 1. The Morgan fingerprint density at radius 3 is 2.70 bits per heavy atom. The molecule has 0 unspecified atom stereocenters. The van der Waals surface area contributed by atoms with Crippen LogP contribution in [0.2, 0.25) is 0 Å². The van der Waals surface area contributed by atoms with E-state index in [-0.39, 0.29) is 17.3 Å². The Labute approximate surface area is 172 Å². The van der Waals surface area contributed by atoms with Gasteiger partial charge in [-0.05, 0) is 50.2 Å². The van der Waals surface area contributed by atoms with E-state index in [4.69, 9.17) is 5.73 Å². The molecule has 160 valence electrons. The highest BCUT2D eigenvalue weighted by Gasteiger charge is 2.43. The third-order valence-corrected chi connectivity index (χ3v) is 6.94. The number of halogens is 2. The molecule has 3 atom stereocenters. The molecule has 6 nitrogen and oxygen atoms in total. The van der Waals surface area contributed by atoms with E-state index in [1.165, 1.54) is 10.8 Å². The fourth-order valence-electron chi connectivity index (χ4n) is 5.05. The minimum atomic E-state index is -1.40. The molecule has 2 aromatic rings. The topological polar surface area (TPSA) is 88.6 Å². The molecule has 0 bridgehead atoms. The van der Waals surface area contributed by atoms with Crippen molar-refractivity contribution in [1.82, 2.24) is 4.57 Å². The lowest BCUT2D eigenvalue weighted by Gasteiger charge is -2.25. The second kappa shape index (κ2) is 6.51. The summed E-state index contributed by atoms with van der Waals surface area (Å²) < 4.78 is 30.6. The first-order valence-corrected chi connectivity index (χ1v) is 10.5. The monoisotopic (exact) mass is 417 g/mol. The minimum Gasteiger partial charge on any atom is -0.477 e. The summed E-state index contributed by atoms with van der Waals surface area (Å²) >= 11 is 0. The Balaban J connectivity index is 1.61. The van der Waals surface area contributed by atoms with E-state index in [9.17, 15) is 19.1 Å². The first kappa shape index (κ1) is 19.5. The molecule has 8 heteroatoms. The van der Waals surface area contributed by atoms with Crippen LogP contribution in [0.1, 0.15) is 54.1 Å². The number of hydrogen-bond acceptors (Lipinski definition) is 4. The summed E-state index contributed by atoms with van der Waals surface area (Å²) in [6.07, 6.45) is 4.30. The maximum absolute atomic E-state index is 15.2. The summed E-state index contributed by atoms with van der Waals surface area (Å²) in [5, 5.41) is 9.38. The maximum Gasteiger partial charge on any atom is 0.341 e. The standard InChI is InChI=1S/C22H25F2N3O3/c1-11-18-13(20(28)14(21(29)30)10-27(18)17-7-15(17)23)6-16(24)19(11)26-5-2-12(9-26)8-22(25)3-4-22/h6,10,12,15,17H,2-5,7-9,25H2,1H3,(H,29,30)/t12-,15-,17+/m1/s1. The van der Waals surface area contributed by atoms with E-state index in [0.717, 1.165) is 31.7 Å². The van der Waals surface area contributed by atoms with E-state index < -0.39 is 35.0 Å². The van der Waals surface area contributed by atoms with E-state index in [1.807, 2.05) is 4.90 Å². The minimum absolute atomic E-state index is 0.0117. The molecule has 5 rings (SSSR count). The molecule has 1 aliphatic heterocycles. The highest BCUT2D eigenvalue weighted by molar-refractivity contribution is 5.95. The van der Waals surface area contributed by atoms with Crippen LogP contribution in [0.4, 0.5) is 14.5 Å². The molecule has 3 fully saturated rings. The van der Waals surface area contributed by atoms with Gasteiger partial charge in [0.2, 0.25) is 5.43 Å². The second-order valence-electron chi connectivity index (χ2n) is 9.30. The highest BCUT2D eigenvalue weighted by Crippen LogP contribution is 2.44. The normalized spacial score (nSPS) is 26.9. The van der Waals surface area contributed by atoms with Gasteiger partial charge in [0.05, 0.1) is 17.2 Å². The lowest BCUT2D eigenvalue weighted by Crippen LogP contribution is -2.28. The summed E-state index contributed by atoms with van der Waals surface area (Å²) in [7, 11) is 0. The summed E-state index contributed by atoms with van der Waals surface area (Å²) in [5.41, 5.74) is 6.38. The van der Waals surface area contributed by atoms with Crippen molar-refractivity contribution < 1.29 is 18.7 Å². The number of nitrogens with two attached hydrogens (primary N) is 1. The fourth-order valence-corrected chi connectivity index (χ4v) is 5.05. The molecular formula is C22H25F2N3O3. The number of anilines is 1. The van der Waals surface area contributed by atoms with Crippen LogP contribution < -0.4 is 16.1 Å². The van der Waals surface area contributed by atoms with E-state index in [1.54, 1.807) is 6.92 Å². The zero-order valence-corrected chi connectivity index (χ0v) is 16.8. The number of aromatic nitrogens is 1. The van der Waals surface area contributed by atoms with Gasteiger partial charge >= 0.3 is 5.97 Å². The number of hydrogen-bond donors (Lipinski definition) is 2. The SMILES string of the molecule is Cc1c(N2CC[C@H](CC3(N)CC3)C2)c(F)cc2c(=O)c(C(=O)O)cn([C@H]3C[C@H]3F)c12. The second-order valence-corrected chi connectivity index (χ2v) is 9.30. The number of nitrogens with zero attached hydrogens (tertiary/aromatic N) is 2. The van der Waals surface area contributed by atoms with Crippen molar-refractivity contribution in [3.05, 3.63) is 39.4 Å². The van der Waals surface area contributed by atoms with Crippen molar-refractivity contribution in [3.8, 4) is 0 Å². The predicted octanol–water partition coefficient (Wildman–Crippen LogP) is 3.14. The van der Waals surface area contributed by atoms with Gasteiger partial charge in [-0.2, -0.15) is 0 Å². The van der Waals surface area contributed by atoms with Gasteiger partial charge < -0.3 is 20.3 Å². The number of aryl methyl sites for hydroxylation is 1. The summed E-state index contributed by atoms with van der Waals surface area (Å²) in [6, 6.07) is 0.596. The van der Waals surface area contributed by atoms with E-state index in [2.05, 4.69) is 0 Å². The van der Waals surface area contributed by atoms with Crippen LogP contribution in [0.15, 0.2) is 17.1 Å². The van der Waals surface area contributed by atoms with Crippen LogP contribution in [0.3, 0.4) is 0 Å². The number of aromatic carboxylic acids is 1. The number of fused-ring (bicyclic) bond motifs is 1. The summed E-state index contributed by atoms with van der Waals surface area (Å²) in [5.74, 6) is -1.55. The molecule has 2 aliphatic carbocycles. The molecular weight excluding hydrogens is 392 g/mol. The van der Waals surface area contributed by atoms with Crippen LogP contribution >= 0.6 is 0 Å². The smallest absolute Gasteiger partial charge is 0.341 e. The molecule has 0 amide bonds. The van der Waals surface area contributed by atoms with Crippen molar-refractivity contribution >= 4 is 22.6 Å².